The number of rotatable bonds is 3. The van der Waals surface area contributed by atoms with E-state index in [1.807, 2.05) is 54.7 Å². The van der Waals surface area contributed by atoms with E-state index in [2.05, 4.69) is 4.99 Å². The number of methoxy groups -OCH3 is 1. The van der Waals surface area contributed by atoms with Crippen LogP contribution in [-0.4, -0.2) is 13.3 Å². The van der Waals surface area contributed by atoms with Gasteiger partial charge in [-0.15, -0.1) is 0 Å². The quantitative estimate of drug-likeness (QED) is 0.646. The van der Waals surface area contributed by atoms with Crippen LogP contribution in [0.15, 0.2) is 53.5 Å². The van der Waals surface area contributed by atoms with Gasteiger partial charge < -0.3 is 10.5 Å². The van der Waals surface area contributed by atoms with Crippen LogP contribution in [0.4, 0.5) is 11.4 Å². The summed E-state index contributed by atoms with van der Waals surface area (Å²) in [5.41, 5.74) is 8.26. The molecule has 2 aromatic carbocycles. The van der Waals surface area contributed by atoms with Crippen molar-refractivity contribution in [3.8, 4) is 5.75 Å². The highest BCUT2D eigenvalue weighted by Crippen LogP contribution is 2.15. The lowest BCUT2D eigenvalue weighted by atomic mass is 10.2. The molecule has 0 amide bonds. The van der Waals surface area contributed by atoms with Crippen LogP contribution in [0, 0.1) is 0 Å². The normalized spacial score (nSPS) is 10.6. The van der Waals surface area contributed by atoms with E-state index < -0.39 is 0 Å². The van der Waals surface area contributed by atoms with E-state index >= 15 is 0 Å². The van der Waals surface area contributed by atoms with E-state index in [4.69, 9.17) is 10.5 Å². The molecule has 0 bridgehead atoms. The van der Waals surface area contributed by atoms with Crippen molar-refractivity contribution in [2.75, 3.05) is 12.8 Å². The molecule has 2 aromatic rings. The predicted molar refractivity (Wildman–Crippen MR) is 71.1 cm³/mol. The number of nitrogens with zero attached hydrogens (tertiary/aromatic N) is 1. The monoisotopic (exact) mass is 226 g/mol. The standard InChI is InChI=1S/C14H14N2O/c1-17-14-8-2-11(3-9-14)10-16-13-6-4-12(15)5-7-13/h2-10H,15H2,1H3. The molecule has 2 rings (SSSR count). The fraction of sp³-hybridized carbons (Fsp3) is 0.0714. The van der Waals surface area contributed by atoms with Gasteiger partial charge in [-0.3, -0.25) is 4.99 Å². The molecule has 86 valence electrons. The molecule has 0 aliphatic heterocycles. The van der Waals surface area contributed by atoms with Gasteiger partial charge in [0.15, 0.2) is 0 Å². The fourth-order valence-electron chi connectivity index (χ4n) is 1.40. The maximum Gasteiger partial charge on any atom is 0.118 e. The summed E-state index contributed by atoms with van der Waals surface area (Å²) in [6, 6.07) is 15.2. The molecular formula is C14H14N2O. The lowest BCUT2D eigenvalue weighted by Gasteiger charge is -1.99. The summed E-state index contributed by atoms with van der Waals surface area (Å²) in [6.45, 7) is 0. The summed E-state index contributed by atoms with van der Waals surface area (Å²) in [5, 5.41) is 0. The minimum absolute atomic E-state index is 0.744. The molecular weight excluding hydrogens is 212 g/mol. The zero-order valence-electron chi connectivity index (χ0n) is 9.63. The molecule has 0 radical (unpaired) electrons. The first-order chi connectivity index (χ1) is 8.28. The zero-order valence-corrected chi connectivity index (χ0v) is 9.63. The molecule has 0 aliphatic rings. The van der Waals surface area contributed by atoms with Gasteiger partial charge in [0.1, 0.15) is 5.75 Å². The second-order valence-electron chi connectivity index (χ2n) is 3.62. The van der Waals surface area contributed by atoms with Crippen LogP contribution >= 0.6 is 0 Å². The summed E-state index contributed by atoms with van der Waals surface area (Å²) in [5.74, 6) is 0.842. The topological polar surface area (TPSA) is 47.6 Å². The molecule has 0 saturated carbocycles. The number of hydrogen-bond donors (Lipinski definition) is 1. The van der Waals surface area contributed by atoms with Crippen molar-refractivity contribution in [3.63, 3.8) is 0 Å². The van der Waals surface area contributed by atoms with Gasteiger partial charge in [-0.05, 0) is 54.1 Å². The lowest BCUT2D eigenvalue weighted by molar-refractivity contribution is 0.415. The van der Waals surface area contributed by atoms with Crippen LogP contribution in [0.3, 0.4) is 0 Å². The van der Waals surface area contributed by atoms with Gasteiger partial charge in [0.05, 0.1) is 12.8 Å². The molecule has 0 fully saturated rings. The number of aliphatic imine (C=N–C) groups is 1. The molecule has 3 nitrogen and oxygen atoms in total. The van der Waals surface area contributed by atoms with E-state index in [1.165, 1.54) is 0 Å². The molecule has 17 heavy (non-hydrogen) atoms. The third-order valence-electron chi connectivity index (χ3n) is 2.37. The Balaban J connectivity index is 2.11. The Kier molecular flexibility index (Phi) is 3.40. The fourth-order valence-corrected chi connectivity index (χ4v) is 1.40. The molecule has 0 unspecified atom stereocenters. The van der Waals surface area contributed by atoms with E-state index in [9.17, 15) is 0 Å². The Hall–Kier alpha value is -2.29. The van der Waals surface area contributed by atoms with Crippen molar-refractivity contribution in [2.24, 2.45) is 4.99 Å². The first-order valence-electron chi connectivity index (χ1n) is 5.31. The third kappa shape index (κ3) is 3.08. The van der Waals surface area contributed by atoms with E-state index in [1.54, 1.807) is 7.11 Å². The Morgan fingerprint density at radius 3 is 2.24 bits per heavy atom. The lowest BCUT2D eigenvalue weighted by Crippen LogP contribution is -1.84. The average Bonchev–Trinajstić information content (AvgIpc) is 2.39. The average molecular weight is 226 g/mol. The SMILES string of the molecule is COc1ccc(C=Nc2ccc(N)cc2)cc1. The summed E-state index contributed by atoms with van der Waals surface area (Å²) in [4.78, 5) is 4.35. The second-order valence-corrected chi connectivity index (χ2v) is 3.62. The first kappa shape index (κ1) is 11.2. The van der Waals surface area contributed by atoms with Gasteiger partial charge in [-0.25, -0.2) is 0 Å². The van der Waals surface area contributed by atoms with Crippen LogP contribution < -0.4 is 10.5 Å². The van der Waals surface area contributed by atoms with Crippen molar-refractivity contribution in [1.29, 1.82) is 0 Å². The molecule has 3 heteroatoms. The molecule has 0 heterocycles. The highest BCUT2D eigenvalue weighted by Gasteiger charge is 1.91. The maximum absolute atomic E-state index is 5.60. The van der Waals surface area contributed by atoms with Crippen LogP contribution in [0.1, 0.15) is 5.56 Å². The van der Waals surface area contributed by atoms with Crippen molar-refractivity contribution < 1.29 is 4.74 Å². The van der Waals surface area contributed by atoms with Gasteiger partial charge in [-0.1, -0.05) is 0 Å². The van der Waals surface area contributed by atoms with Crippen molar-refractivity contribution >= 4 is 17.6 Å². The Morgan fingerprint density at radius 1 is 1.00 bits per heavy atom. The number of anilines is 1. The number of nitrogens with two attached hydrogens (primary N) is 1. The van der Waals surface area contributed by atoms with E-state index in [0.29, 0.717) is 0 Å². The van der Waals surface area contributed by atoms with Gasteiger partial charge >= 0.3 is 0 Å². The number of nitrogen functional groups attached to an aromatic ring is 1. The third-order valence-corrected chi connectivity index (χ3v) is 2.37. The second kappa shape index (κ2) is 5.16. The van der Waals surface area contributed by atoms with Crippen LogP contribution in [0.2, 0.25) is 0 Å². The van der Waals surface area contributed by atoms with Gasteiger partial charge in [0.2, 0.25) is 0 Å². The van der Waals surface area contributed by atoms with Gasteiger partial charge in [-0.2, -0.15) is 0 Å². The van der Waals surface area contributed by atoms with Crippen LogP contribution in [0.25, 0.3) is 0 Å². The number of ether oxygens (including phenoxy) is 1. The highest BCUT2D eigenvalue weighted by molar-refractivity contribution is 5.82. The summed E-state index contributed by atoms with van der Waals surface area (Å²) < 4.78 is 5.09. The molecule has 0 aliphatic carbocycles. The molecule has 0 spiro atoms. The number of benzene rings is 2. The molecule has 0 aromatic heterocycles. The Morgan fingerprint density at radius 2 is 1.65 bits per heavy atom. The first-order valence-corrected chi connectivity index (χ1v) is 5.31. The minimum Gasteiger partial charge on any atom is -0.497 e. The minimum atomic E-state index is 0.744. The highest BCUT2D eigenvalue weighted by atomic mass is 16.5. The summed E-state index contributed by atoms with van der Waals surface area (Å²) in [7, 11) is 1.65. The van der Waals surface area contributed by atoms with Crippen molar-refractivity contribution in [3.05, 3.63) is 54.1 Å². The van der Waals surface area contributed by atoms with Crippen molar-refractivity contribution in [2.45, 2.75) is 0 Å². The molecule has 0 saturated heterocycles. The molecule has 2 N–H and O–H groups in total. The smallest absolute Gasteiger partial charge is 0.118 e. The number of hydrogen-bond acceptors (Lipinski definition) is 3. The largest absolute Gasteiger partial charge is 0.497 e. The van der Waals surface area contributed by atoms with E-state index in [-0.39, 0.29) is 0 Å². The zero-order chi connectivity index (χ0) is 12.1. The summed E-state index contributed by atoms with van der Waals surface area (Å²) in [6.07, 6.45) is 1.81. The van der Waals surface area contributed by atoms with Gasteiger partial charge in [0, 0.05) is 11.9 Å². The Labute approximate surface area is 101 Å². The molecule has 0 atom stereocenters. The summed E-state index contributed by atoms with van der Waals surface area (Å²) >= 11 is 0. The predicted octanol–water partition coefficient (Wildman–Crippen LogP) is 3.03. The maximum atomic E-state index is 5.60. The van der Waals surface area contributed by atoms with Crippen molar-refractivity contribution in [1.82, 2.24) is 0 Å². The van der Waals surface area contributed by atoms with Crippen LogP contribution in [-0.2, 0) is 0 Å². The Bertz CT molecular complexity index is 501. The van der Waals surface area contributed by atoms with E-state index in [0.717, 1.165) is 22.7 Å². The van der Waals surface area contributed by atoms with Crippen LogP contribution in [0.5, 0.6) is 5.75 Å². The van der Waals surface area contributed by atoms with Gasteiger partial charge in [0.25, 0.3) is 0 Å².